The molecule has 0 aliphatic rings. The molecule has 0 aliphatic carbocycles. The lowest BCUT2D eigenvalue weighted by atomic mass is 9.97. The van der Waals surface area contributed by atoms with Gasteiger partial charge in [-0.2, -0.15) is 0 Å². The molecule has 0 bridgehead atoms. The summed E-state index contributed by atoms with van der Waals surface area (Å²) in [7, 11) is 0. The number of pyridine rings is 1. The fraction of sp³-hybridized carbons (Fsp3) is 0.333. The molecule has 1 heterocycles. The second-order valence-electron chi connectivity index (χ2n) is 5.36. The minimum Gasteiger partial charge on any atom is -0.391 e. The summed E-state index contributed by atoms with van der Waals surface area (Å²) >= 11 is 6.03. The molecule has 4 nitrogen and oxygen atoms in total. The first-order chi connectivity index (χ1) is 9.33. The molecule has 0 radical (unpaired) electrons. The van der Waals surface area contributed by atoms with Crippen molar-refractivity contribution in [2.75, 3.05) is 0 Å². The third-order valence-electron chi connectivity index (χ3n) is 3.47. The monoisotopic (exact) mass is 292 g/mol. The van der Waals surface area contributed by atoms with Gasteiger partial charge >= 0.3 is 0 Å². The van der Waals surface area contributed by atoms with E-state index in [1.165, 1.54) is 6.20 Å². The van der Waals surface area contributed by atoms with Crippen molar-refractivity contribution in [3.63, 3.8) is 0 Å². The van der Waals surface area contributed by atoms with Gasteiger partial charge in [-0.1, -0.05) is 35.9 Å². The standard InChI is InChI=1S/C15H17ClN2O2/c1-9(19)15(2,3)18-14(20)12-8-17-13(16)11-7-5-4-6-10(11)12/h4-9,19H,1-3H3,(H,18,20). The zero-order valence-electron chi connectivity index (χ0n) is 11.6. The number of nitrogens with one attached hydrogen (secondary N) is 1. The van der Waals surface area contributed by atoms with Crippen LogP contribution in [0.5, 0.6) is 0 Å². The lowest BCUT2D eigenvalue weighted by molar-refractivity contribution is 0.0710. The van der Waals surface area contributed by atoms with Crippen LogP contribution in [0, 0.1) is 0 Å². The van der Waals surface area contributed by atoms with Crippen molar-refractivity contribution in [1.82, 2.24) is 10.3 Å². The Labute approximate surface area is 122 Å². The number of amides is 1. The average Bonchev–Trinajstić information content (AvgIpc) is 2.38. The lowest BCUT2D eigenvalue weighted by Gasteiger charge is -2.29. The zero-order valence-corrected chi connectivity index (χ0v) is 12.4. The van der Waals surface area contributed by atoms with Gasteiger partial charge in [0.1, 0.15) is 5.15 Å². The number of hydrogen-bond acceptors (Lipinski definition) is 3. The van der Waals surface area contributed by atoms with Gasteiger partial charge in [-0.25, -0.2) is 4.98 Å². The highest BCUT2D eigenvalue weighted by Crippen LogP contribution is 2.24. The van der Waals surface area contributed by atoms with E-state index in [0.717, 1.165) is 10.8 Å². The fourth-order valence-corrected chi connectivity index (χ4v) is 2.02. The summed E-state index contributed by atoms with van der Waals surface area (Å²) in [6.45, 7) is 5.17. The molecule has 5 heteroatoms. The topological polar surface area (TPSA) is 62.2 Å². The summed E-state index contributed by atoms with van der Waals surface area (Å²) in [6.07, 6.45) is 0.788. The number of aliphatic hydroxyl groups excluding tert-OH is 1. The predicted molar refractivity (Wildman–Crippen MR) is 80.0 cm³/mol. The number of benzene rings is 1. The Balaban J connectivity index is 2.44. The van der Waals surface area contributed by atoms with Crippen molar-refractivity contribution >= 4 is 28.3 Å². The van der Waals surface area contributed by atoms with E-state index >= 15 is 0 Å². The molecule has 0 aliphatic heterocycles. The van der Waals surface area contributed by atoms with Gasteiger partial charge in [0.2, 0.25) is 0 Å². The molecule has 20 heavy (non-hydrogen) atoms. The van der Waals surface area contributed by atoms with E-state index in [1.807, 2.05) is 24.3 Å². The molecule has 1 aromatic heterocycles. The molecular weight excluding hydrogens is 276 g/mol. The van der Waals surface area contributed by atoms with Gasteiger partial charge in [-0.15, -0.1) is 0 Å². The molecule has 0 fully saturated rings. The molecule has 0 spiro atoms. The van der Waals surface area contributed by atoms with Crippen LogP contribution < -0.4 is 5.32 Å². The van der Waals surface area contributed by atoms with Gasteiger partial charge in [0.15, 0.2) is 0 Å². The van der Waals surface area contributed by atoms with Crippen LogP contribution in [-0.4, -0.2) is 27.6 Å². The summed E-state index contributed by atoms with van der Waals surface area (Å²) in [5.41, 5.74) is -0.281. The molecule has 0 saturated heterocycles. The molecule has 1 atom stereocenters. The normalized spacial score (nSPS) is 13.2. The van der Waals surface area contributed by atoms with E-state index in [9.17, 15) is 9.90 Å². The Morgan fingerprint density at radius 3 is 2.55 bits per heavy atom. The van der Waals surface area contributed by atoms with Crippen LogP contribution in [-0.2, 0) is 0 Å². The SMILES string of the molecule is CC(O)C(C)(C)NC(=O)c1cnc(Cl)c2ccccc12. The highest BCUT2D eigenvalue weighted by Gasteiger charge is 2.27. The van der Waals surface area contributed by atoms with Crippen molar-refractivity contribution in [2.45, 2.75) is 32.4 Å². The minimum absolute atomic E-state index is 0.281. The maximum Gasteiger partial charge on any atom is 0.253 e. The molecule has 2 aromatic rings. The maximum atomic E-state index is 12.4. The quantitative estimate of drug-likeness (QED) is 0.855. The molecule has 2 N–H and O–H groups in total. The third-order valence-corrected chi connectivity index (χ3v) is 3.77. The fourth-order valence-electron chi connectivity index (χ4n) is 1.80. The number of fused-ring (bicyclic) bond motifs is 1. The van der Waals surface area contributed by atoms with Gasteiger partial charge in [-0.3, -0.25) is 4.79 Å². The zero-order chi connectivity index (χ0) is 14.9. The molecule has 1 unspecified atom stereocenters. The van der Waals surface area contributed by atoms with Gasteiger partial charge in [0.25, 0.3) is 5.91 Å². The number of carbonyl (C=O) groups is 1. The number of aromatic nitrogens is 1. The third kappa shape index (κ3) is 2.76. The molecule has 106 valence electrons. The van der Waals surface area contributed by atoms with Crippen LogP contribution in [0.1, 0.15) is 31.1 Å². The maximum absolute atomic E-state index is 12.4. The largest absolute Gasteiger partial charge is 0.391 e. The first-order valence-electron chi connectivity index (χ1n) is 6.37. The van der Waals surface area contributed by atoms with Crippen molar-refractivity contribution < 1.29 is 9.90 Å². The smallest absolute Gasteiger partial charge is 0.253 e. The van der Waals surface area contributed by atoms with E-state index in [2.05, 4.69) is 10.3 Å². The molecule has 1 amide bonds. The summed E-state index contributed by atoms with van der Waals surface area (Å²) in [5.74, 6) is -0.281. The van der Waals surface area contributed by atoms with E-state index in [0.29, 0.717) is 10.7 Å². The molecule has 2 rings (SSSR count). The van der Waals surface area contributed by atoms with E-state index in [-0.39, 0.29) is 5.91 Å². The Morgan fingerprint density at radius 1 is 1.35 bits per heavy atom. The number of rotatable bonds is 3. The predicted octanol–water partition coefficient (Wildman–Crippen LogP) is 2.78. The Morgan fingerprint density at radius 2 is 1.95 bits per heavy atom. The highest BCUT2D eigenvalue weighted by atomic mass is 35.5. The van der Waals surface area contributed by atoms with E-state index < -0.39 is 11.6 Å². The summed E-state index contributed by atoms with van der Waals surface area (Å²) in [6, 6.07) is 7.33. The Kier molecular flexibility index (Phi) is 3.97. The number of carbonyl (C=O) groups excluding carboxylic acids is 1. The number of halogens is 1. The van der Waals surface area contributed by atoms with Gasteiger partial charge in [0.05, 0.1) is 17.2 Å². The van der Waals surface area contributed by atoms with Crippen LogP contribution in [0.25, 0.3) is 10.8 Å². The lowest BCUT2D eigenvalue weighted by Crippen LogP contribution is -2.51. The van der Waals surface area contributed by atoms with Crippen LogP contribution >= 0.6 is 11.6 Å². The number of aliphatic hydroxyl groups is 1. The van der Waals surface area contributed by atoms with E-state index in [4.69, 9.17) is 11.6 Å². The van der Waals surface area contributed by atoms with Gasteiger partial charge in [0, 0.05) is 11.6 Å². The van der Waals surface area contributed by atoms with E-state index in [1.54, 1.807) is 20.8 Å². The Bertz CT molecular complexity index is 653. The second kappa shape index (κ2) is 5.38. The summed E-state index contributed by atoms with van der Waals surface area (Å²) < 4.78 is 0. The summed E-state index contributed by atoms with van der Waals surface area (Å²) in [4.78, 5) is 16.4. The number of nitrogens with zero attached hydrogens (tertiary/aromatic N) is 1. The minimum atomic E-state index is -0.724. The molecule has 1 aromatic carbocycles. The van der Waals surface area contributed by atoms with Crippen molar-refractivity contribution in [1.29, 1.82) is 0 Å². The Hall–Kier alpha value is -1.65. The molecule has 0 saturated carbocycles. The first kappa shape index (κ1) is 14.8. The van der Waals surface area contributed by atoms with Gasteiger partial charge in [-0.05, 0) is 26.2 Å². The van der Waals surface area contributed by atoms with Crippen molar-refractivity contribution in [3.8, 4) is 0 Å². The van der Waals surface area contributed by atoms with Gasteiger partial charge < -0.3 is 10.4 Å². The van der Waals surface area contributed by atoms with Crippen LogP contribution in [0.2, 0.25) is 5.15 Å². The van der Waals surface area contributed by atoms with Crippen LogP contribution in [0.15, 0.2) is 30.5 Å². The highest BCUT2D eigenvalue weighted by molar-refractivity contribution is 6.34. The van der Waals surface area contributed by atoms with Crippen LogP contribution in [0.4, 0.5) is 0 Å². The molecular formula is C15H17ClN2O2. The van der Waals surface area contributed by atoms with Crippen molar-refractivity contribution in [2.24, 2.45) is 0 Å². The second-order valence-corrected chi connectivity index (χ2v) is 5.72. The first-order valence-corrected chi connectivity index (χ1v) is 6.74. The van der Waals surface area contributed by atoms with Crippen LogP contribution in [0.3, 0.4) is 0 Å². The average molecular weight is 293 g/mol. The number of hydrogen-bond donors (Lipinski definition) is 2. The van der Waals surface area contributed by atoms with Crippen molar-refractivity contribution in [3.05, 3.63) is 41.2 Å². The summed E-state index contributed by atoms with van der Waals surface area (Å²) in [5, 5.41) is 14.3.